The summed E-state index contributed by atoms with van der Waals surface area (Å²) in [6.45, 7) is 2.90. The number of benzene rings is 1. The van der Waals surface area contributed by atoms with Crippen LogP contribution in [0.4, 0.5) is 0 Å². The van der Waals surface area contributed by atoms with Crippen LogP contribution in [0.3, 0.4) is 0 Å². The van der Waals surface area contributed by atoms with Gasteiger partial charge in [0, 0.05) is 11.8 Å². The smallest absolute Gasteiger partial charge is 0.186 e. The largest absolute Gasteiger partial charge is 0.292 e. The number of ketones is 1. The predicted octanol–water partition coefficient (Wildman–Crippen LogP) is 2.46. The van der Waals surface area contributed by atoms with Gasteiger partial charge in [-0.3, -0.25) is 4.79 Å². The van der Waals surface area contributed by atoms with Gasteiger partial charge in [0.25, 0.3) is 0 Å². The number of Topliss-reactive ketones (excluding diaryl/α,β-unsaturated/α-hetero) is 1. The van der Waals surface area contributed by atoms with Crippen LogP contribution in [-0.2, 0) is 12.8 Å². The third-order valence-electron chi connectivity index (χ3n) is 3.67. The first kappa shape index (κ1) is 11.7. The van der Waals surface area contributed by atoms with Crippen LogP contribution in [-0.4, -0.2) is 17.5 Å². The Hall–Kier alpha value is -1.42. The Morgan fingerprint density at radius 1 is 1.50 bits per heavy atom. The molecule has 0 aliphatic carbocycles. The number of aryl methyl sites for hydroxylation is 1. The van der Waals surface area contributed by atoms with E-state index in [1.165, 1.54) is 35.1 Å². The van der Waals surface area contributed by atoms with Gasteiger partial charge in [-0.15, -0.1) is 11.3 Å². The first-order valence-corrected chi connectivity index (χ1v) is 7.21. The van der Waals surface area contributed by atoms with E-state index in [0.29, 0.717) is 18.8 Å². The first-order valence-electron chi connectivity index (χ1n) is 6.27. The van der Waals surface area contributed by atoms with E-state index in [9.17, 15) is 4.79 Å². The molecule has 2 nitrogen and oxygen atoms in total. The molecule has 0 fully saturated rings. The third-order valence-corrected chi connectivity index (χ3v) is 4.26. The quantitative estimate of drug-likeness (QED) is 0.623. The van der Waals surface area contributed by atoms with Gasteiger partial charge in [0.05, 0.1) is 5.51 Å². The number of thiazole rings is 1. The molecule has 0 amide bonds. The van der Waals surface area contributed by atoms with Gasteiger partial charge in [0.15, 0.2) is 12.5 Å². The van der Waals surface area contributed by atoms with Crippen molar-refractivity contribution >= 4 is 29.3 Å². The second-order valence-corrected chi connectivity index (χ2v) is 5.67. The summed E-state index contributed by atoms with van der Waals surface area (Å²) in [5.74, 6) is 0.113. The van der Waals surface area contributed by atoms with Crippen LogP contribution in [0.5, 0.6) is 0 Å². The molecule has 0 bridgehead atoms. The average molecular weight is 255 g/mol. The lowest BCUT2D eigenvalue weighted by Crippen LogP contribution is -2.23. The summed E-state index contributed by atoms with van der Waals surface area (Å²) in [6, 6.07) is 6.47. The second-order valence-electron chi connectivity index (χ2n) is 4.95. The Morgan fingerprint density at radius 3 is 3.17 bits per heavy atom. The van der Waals surface area contributed by atoms with Crippen molar-refractivity contribution in [3.8, 4) is 0 Å². The van der Waals surface area contributed by atoms with Crippen molar-refractivity contribution in [1.82, 2.24) is 4.98 Å². The topological polar surface area (TPSA) is 30.0 Å². The van der Waals surface area contributed by atoms with Crippen LogP contribution in [0.1, 0.15) is 21.6 Å². The Bertz CT molecular complexity index is 579. The minimum Gasteiger partial charge on any atom is -0.292 e. The third kappa shape index (κ3) is 2.13. The maximum absolute atomic E-state index is 12.0. The van der Waals surface area contributed by atoms with Gasteiger partial charge in [-0.25, -0.2) is 4.98 Å². The molecular weight excluding hydrogens is 241 g/mol. The fourth-order valence-electron chi connectivity index (χ4n) is 2.59. The maximum Gasteiger partial charge on any atom is 0.186 e. The van der Waals surface area contributed by atoms with Crippen LogP contribution < -0.4 is 5.46 Å². The number of nitrogens with zero attached hydrogens (tertiary/aromatic N) is 1. The van der Waals surface area contributed by atoms with Gasteiger partial charge in [0.1, 0.15) is 5.69 Å². The van der Waals surface area contributed by atoms with E-state index in [1.807, 2.05) is 5.38 Å². The highest BCUT2D eigenvalue weighted by Gasteiger charge is 2.21. The molecule has 18 heavy (non-hydrogen) atoms. The molecule has 0 N–H and O–H groups in total. The van der Waals surface area contributed by atoms with E-state index in [1.54, 1.807) is 5.51 Å². The molecule has 2 heterocycles. The lowest BCUT2D eigenvalue weighted by Gasteiger charge is -2.06. The molecule has 1 aliphatic rings. The zero-order chi connectivity index (χ0) is 12.5. The predicted molar refractivity (Wildman–Crippen MR) is 76.4 cm³/mol. The highest BCUT2D eigenvalue weighted by Crippen LogP contribution is 2.16. The number of fused-ring (bicyclic) bond motifs is 1. The van der Waals surface area contributed by atoms with E-state index in [2.05, 4.69) is 30.0 Å². The molecule has 4 heteroatoms. The lowest BCUT2D eigenvalue weighted by atomic mass is 9.48. The minimum absolute atomic E-state index is 0.113. The fourth-order valence-corrected chi connectivity index (χ4v) is 3.15. The Balaban J connectivity index is 1.82. The molecule has 0 saturated heterocycles. The normalized spacial score (nSPS) is 13.7. The highest BCUT2D eigenvalue weighted by atomic mass is 32.1. The maximum atomic E-state index is 12.0. The zero-order valence-electron chi connectivity index (χ0n) is 10.3. The van der Waals surface area contributed by atoms with Crippen molar-refractivity contribution in [3.63, 3.8) is 0 Å². The molecule has 2 aromatic rings. The van der Waals surface area contributed by atoms with Crippen LogP contribution in [0, 0.1) is 0 Å². The molecule has 0 spiro atoms. The molecule has 1 aromatic carbocycles. The molecule has 0 radical (unpaired) electrons. The van der Waals surface area contributed by atoms with Gasteiger partial charge >= 0.3 is 0 Å². The van der Waals surface area contributed by atoms with Crippen molar-refractivity contribution in [2.45, 2.75) is 26.0 Å². The summed E-state index contributed by atoms with van der Waals surface area (Å²) >= 11 is 1.47. The molecule has 1 aromatic heterocycles. The minimum atomic E-state index is 0.113. The number of hydrogen-bond donors (Lipinski definition) is 0. The van der Waals surface area contributed by atoms with Crippen LogP contribution in [0.2, 0.25) is 13.1 Å². The van der Waals surface area contributed by atoms with E-state index in [4.69, 9.17) is 0 Å². The van der Waals surface area contributed by atoms with Crippen molar-refractivity contribution < 1.29 is 4.79 Å². The number of hydrogen-bond acceptors (Lipinski definition) is 3. The molecule has 3 rings (SSSR count). The van der Waals surface area contributed by atoms with Gasteiger partial charge < -0.3 is 0 Å². The number of aromatic nitrogens is 1. The lowest BCUT2D eigenvalue weighted by molar-refractivity contribution is 0.0989. The standard InChI is InChI=1S/C14H14BNOS/c1-15-5-4-11-3-2-10(6-12(11)15)7-14(17)13-8-18-9-16-13/h2-3,6,8-9H,4-5,7H2,1H3. The molecule has 0 atom stereocenters. The van der Waals surface area contributed by atoms with E-state index >= 15 is 0 Å². The summed E-state index contributed by atoms with van der Waals surface area (Å²) in [7, 11) is 0. The highest BCUT2D eigenvalue weighted by molar-refractivity contribution is 7.07. The Morgan fingerprint density at radius 2 is 2.39 bits per heavy atom. The average Bonchev–Trinajstić information content (AvgIpc) is 3.00. The van der Waals surface area contributed by atoms with Gasteiger partial charge in [-0.2, -0.15) is 0 Å². The van der Waals surface area contributed by atoms with Gasteiger partial charge in [0.2, 0.25) is 0 Å². The van der Waals surface area contributed by atoms with Crippen molar-refractivity contribution in [1.29, 1.82) is 0 Å². The van der Waals surface area contributed by atoms with E-state index in [0.717, 1.165) is 5.56 Å². The Kier molecular flexibility index (Phi) is 3.04. The van der Waals surface area contributed by atoms with Gasteiger partial charge in [-0.1, -0.05) is 42.4 Å². The fraction of sp³-hybridized carbons (Fsp3) is 0.286. The molecule has 0 unspecified atom stereocenters. The van der Waals surface area contributed by atoms with E-state index < -0.39 is 0 Å². The van der Waals surface area contributed by atoms with E-state index in [-0.39, 0.29) is 5.78 Å². The summed E-state index contributed by atoms with van der Waals surface area (Å²) in [6.07, 6.45) is 2.87. The molecule has 90 valence electrons. The number of rotatable bonds is 3. The summed E-state index contributed by atoms with van der Waals surface area (Å²) in [5.41, 5.74) is 6.29. The number of carbonyl (C=O) groups excluding carboxylic acids is 1. The van der Waals surface area contributed by atoms with Crippen LogP contribution in [0.15, 0.2) is 29.1 Å². The van der Waals surface area contributed by atoms with Crippen molar-refractivity contribution in [3.05, 3.63) is 45.9 Å². The van der Waals surface area contributed by atoms with Crippen molar-refractivity contribution in [2.24, 2.45) is 0 Å². The van der Waals surface area contributed by atoms with Gasteiger partial charge in [-0.05, 0) is 12.0 Å². The SMILES string of the molecule is CB1CCc2ccc(CC(=O)c3cscn3)cc21. The summed E-state index contributed by atoms with van der Waals surface area (Å²) < 4.78 is 0. The molecule has 1 aliphatic heterocycles. The molecule has 0 saturated carbocycles. The zero-order valence-corrected chi connectivity index (χ0v) is 11.2. The Labute approximate surface area is 111 Å². The first-order chi connectivity index (χ1) is 8.74. The van der Waals surface area contributed by atoms with Crippen LogP contribution >= 0.6 is 11.3 Å². The van der Waals surface area contributed by atoms with Crippen LogP contribution in [0.25, 0.3) is 0 Å². The monoisotopic (exact) mass is 255 g/mol. The number of carbonyl (C=O) groups is 1. The van der Waals surface area contributed by atoms with Crippen molar-refractivity contribution in [2.75, 3.05) is 0 Å². The summed E-state index contributed by atoms with van der Waals surface area (Å²) in [4.78, 5) is 16.1. The summed E-state index contributed by atoms with van der Waals surface area (Å²) in [5, 5.41) is 1.82. The molecular formula is C14H14BNOS. The second kappa shape index (κ2) is 4.69.